The van der Waals surface area contributed by atoms with E-state index >= 15 is 0 Å². The molecule has 0 aliphatic carbocycles. The quantitative estimate of drug-likeness (QED) is 0.820. The van der Waals surface area contributed by atoms with E-state index in [9.17, 15) is 9.59 Å². The lowest BCUT2D eigenvalue weighted by atomic mass is 10.1. The Bertz CT molecular complexity index is 915. The van der Waals surface area contributed by atoms with Gasteiger partial charge in [-0.3, -0.25) is 9.59 Å². The third kappa shape index (κ3) is 3.32. The Labute approximate surface area is 162 Å². The van der Waals surface area contributed by atoms with Crippen molar-refractivity contribution >= 4 is 29.1 Å². The van der Waals surface area contributed by atoms with Gasteiger partial charge in [0.05, 0.1) is 0 Å². The second-order valence-corrected chi connectivity index (χ2v) is 7.03. The third-order valence-corrected chi connectivity index (χ3v) is 5.37. The van der Waals surface area contributed by atoms with E-state index in [1.807, 2.05) is 37.3 Å². The average molecular weight is 387 g/mol. The molecule has 7 heteroatoms. The van der Waals surface area contributed by atoms with Gasteiger partial charge in [-0.25, -0.2) is 0 Å². The molecule has 1 atom stereocenters. The van der Waals surface area contributed by atoms with Crippen LogP contribution in [0.1, 0.15) is 17.5 Å². The summed E-state index contributed by atoms with van der Waals surface area (Å²) in [6.45, 7) is 2.91. The van der Waals surface area contributed by atoms with E-state index in [2.05, 4.69) is 5.32 Å². The van der Waals surface area contributed by atoms with Crippen LogP contribution in [0, 0.1) is 12.8 Å². The van der Waals surface area contributed by atoms with Gasteiger partial charge in [-0.05, 0) is 48.7 Å². The van der Waals surface area contributed by atoms with Crippen molar-refractivity contribution in [3.05, 3.63) is 52.5 Å². The number of benzene rings is 2. The van der Waals surface area contributed by atoms with Crippen LogP contribution in [0.25, 0.3) is 0 Å². The van der Waals surface area contributed by atoms with Gasteiger partial charge < -0.3 is 19.7 Å². The molecule has 2 aliphatic rings. The summed E-state index contributed by atoms with van der Waals surface area (Å²) in [6, 6.07) is 11.0. The predicted molar refractivity (Wildman–Crippen MR) is 101 cm³/mol. The molecule has 2 heterocycles. The molecule has 2 aliphatic heterocycles. The molecule has 0 aromatic heterocycles. The van der Waals surface area contributed by atoms with E-state index in [4.69, 9.17) is 21.1 Å². The van der Waals surface area contributed by atoms with Crippen LogP contribution in [0.15, 0.2) is 36.4 Å². The molecule has 4 rings (SSSR count). The first-order valence-corrected chi connectivity index (χ1v) is 9.15. The number of nitrogens with zero attached hydrogens (tertiary/aromatic N) is 1. The summed E-state index contributed by atoms with van der Waals surface area (Å²) in [7, 11) is 0. The van der Waals surface area contributed by atoms with E-state index in [-0.39, 0.29) is 18.6 Å². The maximum absolute atomic E-state index is 12.8. The van der Waals surface area contributed by atoms with E-state index in [1.54, 1.807) is 11.0 Å². The summed E-state index contributed by atoms with van der Waals surface area (Å²) in [4.78, 5) is 27.0. The molecule has 0 unspecified atom stereocenters. The molecular formula is C20H19ClN2O4. The highest BCUT2D eigenvalue weighted by atomic mass is 35.5. The Kier molecular flexibility index (Phi) is 4.66. The number of hydrogen-bond donors (Lipinski definition) is 1. The van der Waals surface area contributed by atoms with Crippen LogP contribution in [-0.2, 0) is 16.1 Å². The lowest BCUT2D eigenvalue weighted by molar-refractivity contribution is -0.132. The van der Waals surface area contributed by atoms with Gasteiger partial charge in [-0.2, -0.15) is 0 Å². The van der Waals surface area contributed by atoms with E-state index in [0.717, 1.165) is 16.8 Å². The molecule has 1 saturated heterocycles. The lowest BCUT2D eigenvalue weighted by Gasteiger charge is -2.19. The van der Waals surface area contributed by atoms with Crippen LogP contribution in [0.4, 0.5) is 5.69 Å². The lowest BCUT2D eigenvalue weighted by Crippen LogP contribution is -2.36. The van der Waals surface area contributed by atoms with Gasteiger partial charge >= 0.3 is 0 Å². The molecule has 140 valence electrons. The monoisotopic (exact) mass is 386 g/mol. The zero-order valence-electron chi connectivity index (χ0n) is 14.8. The molecular weight excluding hydrogens is 368 g/mol. The van der Waals surface area contributed by atoms with Gasteiger partial charge in [0.25, 0.3) is 0 Å². The Morgan fingerprint density at radius 3 is 2.93 bits per heavy atom. The smallest absolute Gasteiger partial charge is 0.239 e. The molecule has 2 aromatic rings. The van der Waals surface area contributed by atoms with Crippen molar-refractivity contribution in [2.45, 2.75) is 19.9 Å². The SMILES string of the molecule is Cc1c(Cl)cccc1N1CC[C@H](C(=O)NCc2ccc3c(c2)OCO3)C1=O. The minimum absolute atomic E-state index is 0.191. The number of halogens is 1. The molecule has 0 bridgehead atoms. The van der Waals surface area contributed by atoms with Gasteiger partial charge in [0.2, 0.25) is 18.6 Å². The van der Waals surface area contributed by atoms with Crippen molar-refractivity contribution in [1.29, 1.82) is 0 Å². The minimum Gasteiger partial charge on any atom is -0.454 e. The summed E-state index contributed by atoms with van der Waals surface area (Å²) in [6.07, 6.45) is 0.484. The normalized spacial score (nSPS) is 18.1. The first-order chi connectivity index (χ1) is 13.0. The molecule has 2 aromatic carbocycles. The van der Waals surface area contributed by atoms with Gasteiger partial charge in [0.15, 0.2) is 11.5 Å². The van der Waals surface area contributed by atoms with Crippen molar-refractivity contribution in [1.82, 2.24) is 5.32 Å². The van der Waals surface area contributed by atoms with Crippen LogP contribution in [-0.4, -0.2) is 25.2 Å². The van der Waals surface area contributed by atoms with Crippen LogP contribution in [0.3, 0.4) is 0 Å². The number of amides is 2. The maximum atomic E-state index is 12.8. The fourth-order valence-corrected chi connectivity index (χ4v) is 3.58. The van der Waals surface area contributed by atoms with Crippen molar-refractivity contribution < 1.29 is 19.1 Å². The molecule has 1 N–H and O–H groups in total. The number of ether oxygens (including phenoxy) is 2. The minimum atomic E-state index is -0.683. The number of carbonyl (C=O) groups excluding carboxylic acids is 2. The molecule has 2 amide bonds. The first-order valence-electron chi connectivity index (χ1n) is 8.77. The highest BCUT2D eigenvalue weighted by molar-refractivity contribution is 6.31. The van der Waals surface area contributed by atoms with E-state index < -0.39 is 5.92 Å². The summed E-state index contributed by atoms with van der Waals surface area (Å²) in [5.41, 5.74) is 2.49. The van der Waals surface area contributed by atoms with Gasteiger partial charge in [-0.1, -0.05) is 23.7 Å². The number of carbonyl (C=O) groups is 2. The van der Waals surface area contributed by atoms with Crippen molar-refractivity contribution in [2.75, 3.05) is 18.2 Å². The first kappa shape index (κ1) is 17.7. The number of hydrogen-bond acceptors (Lipinski definition) is 4. The summed E-state index contributed by atoms with van der Waals surface area (Å²) < 4.78 is 10.6. The molecule has 6 nitrogen and oxygen atoms in total. The van der Waals surface area contributed by atoms with Crippen molar-refractivity contribution in [3.63, 3.8) is 0 Å². The Morgan fingerprint density at radius 2 is 2.07 bits per heavy atom. The number of rotatable bonds is 4. The Hall–Kier alpha value is -2.73. The second kappa shape index (κ2) is 7.12. The molecule has 1 fully saturated rings. The number of nitrogens with one attached hydrogen (secondary N) is 1. The molecule has 0 radical (unpaired) electrons. The van der Waals surface area contributed by atoms with Gasteiger partial charge in [0.1, 0.15) is 5.92 Å². The van der Waals surface area contributed by atoms with Crippen LogP contribution in [0.5, 0.6) is 11.5 Å². The summed E-state index contributed by atoms with van der Waals surface area (Å²) >= 11 is 6.16. The molecule has 0 saturated carbocycles. The highest BCUT2D eigenvalue weighted by Crippen LogP contribution is 2.33. The topological polar surface area (TPSA) is 67.9 Å². The standard InChI is InChI=1S/C20H19ClN2O4/c1-12-15(21)3-2-4-16(12)23-8-7-14(20(23)25)19(24)22-10-13-5-6-17-18(9-13)27-11-26-17/h2-6,9,14H,7-8,10-11H2,1H3,(H,22,24)/t14-/m1/s1. The van der Waals surface area contributed by atoms with Crippen LogP contribution in [0.2, 0.25) is 5.02 Å². The maximum Gasteiger partial charge on any atom is 0.239 e. The van der Waals surface area contributed by atoms with E-state index in [0.29, 0.717) is 36.0 Å². The number of anilines is 1. The van der Waals surface area contributed by atoms with Gasteiger partial charge in [-0.15, -0.1) is 0 Å². The summed E-state index contributed by atoms with van der Waals surface area (Å²) in [5, 5.41) is 3.46. The zero-order valence-corrected chi connectivity index (χ0v) is 15.6. The van der Waals surface area contributed by atoms with Crippen LogP contribution >= 0.6 is 11.6 Å². The Balaban J connectivity index is 1.41. The largest absolute Gasteiger partial charge is 0.454 e. The molecule has 27 heavy (non-hydrogen) atoms. The van der Waals surface area contributed by atoms with Crippen molar-refractivity contribution in [3.8, 4) is 11.5 Å². The fourth-order valence-electron chi connectivity index (χ4n) is 3.41. The highest BCUT2D eigenvalue weighted by Gasteiger charge is 2.38. The van der Waals surface area contributed by atoms with Crippen molar-refractivity contribution in [2.24, 2.45) is 5.92 Å². The van der Waals surface area contributed by atoms with Crippen LogP contribution < -0.4 is 19.7 Å². The second-order valence-electron chi connectivity index (χ2n) is 6.62. The van der Waals surface area contributed by atoms with E-state index in [1.165, 1.54) is 0 Å². The predicted octanol–water partition coefficient (Wildman–Crippen LogP) is 3.05. The fraction of sp³-hybridized carbons (Fsp3) is 0.300. The summed E-state index contributed by atoms with van der Waals surface area (Å²) in [5.74, 6) is 0.227. The zero-order chi connectivity index (χ0) is 19.0. The average Bonchev–Trinajstić information content (AvgIpc) is 3.28. The van der Waals surface area contributed by atoms with Gasteiger partial charge in [0, 0.05) is 23.8 Å². The third-order valence-electron chi connectivity index (χ3n) is 4.96. The molecule has 0 spiro atoms. The Morgan fingerprint density at radius 1 is 1.26 bits per heavy atom. The number of fused-ring (bicyclic) bond motifs is 1.